The summed E-state index contributed by atoms with van der Waals surface area (Å²) in [5.74, 6) is 0.324. The standard InChI is InChI=1S/C27H37F3N4O4/c1-37-22-16-38-10-5-21(22)32-18-3-8-25(13-18,26(36)6-2-7-26)24(35)34-15-19-12-20(34)14-33(19)23-11-17(4-9-31-23)27(28,29)30/h4,9,11,18-22,32,36H,2-3,5-8,10,12-16H2,1H3/t18-,19-,20-,21+,22-,25-/m1/s1. The maximum absolute atomic E-state index is 14.3. The second-order valence-corrected chi connectivity index (χ2v) is 11.9. The van der Waals surface area contributed by atoms with E-state index in [-0.39, 0.29) is 36.2 Å². The van der Waals surface area contributed by atoms with E-state index in [4.69, 9.17) is 9.47 Å². The summed E-state index contributed by atoms with van der Waals surface area (Å²) in [7, 11) is 1.69. The van der Waals surface area contributed by atoms with Gasteiger partial charge in [0, 0.05) is 45.1 Å². The van der Waals surface area contributed by atoms with Gasteiger partial charge in [-0.1, -0.05) is 0 Å². The van der Waals surface area contributed by atoms with Gasteiger partial charge in [-0.15, -0.1) is 0 Å². The number of aliphatic hydroxyl groups is 1. The minimum absolute atomic E-state index is 0.0171. The largest absolute Gasteiger partial charge is 0.416 e. The van der Waals surface area contributed by atoms with Crippen molar-refractivity contribution in [3.8, 4) is 0 Å². The zero-order valence-electron chi connectivity index (χ0n) is 21.8. The molecule has 11 heteroatoms. The van der Waals surface area contributed by atoms with E-state index in [1.54, 1.807) is 7.11 Å². The Morgan fingerprint density at radius 2 is 2.05 bits per heavy atom. The lowest BCUT2D eigenvalue weighted by molar-refractivity contribution is -0.178. The molecule has 2 aliphatic carbocycles. The fourth-order valence-corrected chi connectivity index (χ4v) is 7.65. The van der Waals surface area contributed by atoms with Crippen molar-refractivity contribution < 1.29 is 32.5 Å². The number of pyridine rings is 1. The van der Waals surface area contributed by atoms with Gasteiger partial charge in [-0.25, -0.2) is 4.98 Å². The number of ether oxygens (including phenoxy) is 2. The number of aromatic nitrogens is 1. The van der Waals surface area contributed by atoms with E-state index in [9.17, 15) is 23.1 Å². The molecule has 5 fully saturated rings. The number of amides is 1. The van der Waals surface area contributed by atoms with Crippen LogP contribution in [0.25, 0.3) is 0 Å². The first kappa shape index (κ1) is 26.3. The highest BCUT2D eigenvalue weighted by atomic mass is 19.4. The Balaban J connectivity index is 1.17. The number of hydrogen-bond donors (Lipinski definition) is 2. The second-order valence-electron chi connectivity index (χ2n) is 11.9. The lowest BCUT2D eigenvalue weighted by atomic mass is 9.59. The highest BCUT2D eigenvalue weighted by molar-refractivity contribution is 5.86. The number of halogens is 3. The van der Waals surface area contributed by atoms with Gasteiger partial charge in [-0.3, -0.25) is 4.79 Å². The summed E-state index contributed by atoms with van der Waals surface area (Å²) >= 11 is 0. The predicted octanol–water partition coefficient (Wildman–Crippen LogP) is 2.74. The van der Waals surface area contributed by atoms with Gasteiger partial charge in [-0.05, 0) is 63.5 Å². The van der Waals surface area contributed by atoms with Crippen molar-refractivity contribution in [1.82, 2.24) is 15.2 Å². The Morgan fingerprint density at radius 3 is 2.71 bits per heavy atom. The van der Waals surface area contributed by atoms with Crippen LogP contribution in [0.2, 0.25) is 0 Å². The monoisotopic (exact) mass is 538 g/mol. The van der Waals surface area contributed by atoms with Crippen LogP contribution in [-0.4, -0.2) is 90.2 Å². The summed E-state index contributed by atoms with van der Waals surface area (Å²) in [6, 6.07) is 2.17. The van der Waals surface area contributed by atoms with E-state index in [2.05, 4.69) is 10.3 Å². The number of anilines is 1. The molecule has 38 heavy (non-hydrogen) atoms. The average Bonchev–Trinajstić information content (AvgIpc) is 3.62. The van der Waals surface area contributed by atoms with E-state index in [0.717, 1.165) is 31.4 Å². The van der Waals surface area contributed by atoms with E-state index < -0.39 is 22.8 Å². The Bertz CT molecular complexity index is 1050. The Kier molecular flexibility index (Phi) is 6.64. The summed E-state index contributed by atoms with van der Waals surface area (Å²) in [6.07, 6.45) is 2.49. The Labute approximate surface area is 220 Å². The summed E-state index contributed by atoms with van der Waals surface area (Å²) in [5, 5.41) is 15.4. The van der Waals surface area contributed by atoms with Gasteiger partial charge in [0.25, 0.3) is 0 Å². The number of carbonyl (C=O) groups is 1. The van der Waals surface area contributed by atoms with Crippen molar-refractivity contribution in [2.45, 2.75) is 93.4 Å². The van der Waals surface area contributed by atoms with Crippen LogP contribution in [0.4, 0.5) is 19.0 Å². The number of methoxy groups -OCH3 is 1. The first-order valence-corrected chi connectivity index (χ1v) is 13.8. The van der Waals surface area contributed by atoms with Gasteiger partial charge in [0.2, 0.25) is 5.91 Å². The SMILES string of the molecule is CO[C@@H]1COCC[C@@H]1N[C@@H]1CC[C@@](C(=O)N2C[C@H]3C[C@@H]2CN3c2cc(C(F)(F)F)ccn2)(C2(O)CCC2)C1. The first-order valence-electron chi connectivity index (χ1n) is 13.8. The summed E-state index contributed by atoms with van der Waals surface area (Å²) in [5.41, 5.74) is -2.55. The zero-order chi connectivity index (χ0) is 26.7. The van der Waals surface area contributed by atoms with Gasteiger partial charge < -0.3 is 29.7 Å². The normalized spacial score (nSPS) is 36.5. The van der Waals surface area contributed by atoms with Crippen molar-refractivity contribution in [2.75, 3.05) is 38.3 Å². The predicted molar refractivity (Wildman–Crippen MR) is 133 cm³/mol. The maximum atomic E-state index is 14.3. The van der Waals surface area contributed by atoms with E-state index in [0.29, 0.717) is 64.2 Å². The highest BCUT2D eigenvalue weighted by Gasteiger charge is 2.64. The third-order valence-corrected chi connectivity index (χ3v) is 9.92. The molecule has 6 atom stereocenters. The molecule has 0 aromatic carbocycles. The molecule has 1 amide bonds. The summed E-state index contributed by atoms with van der Waals surface area (Å²) < 4.78 is 50.9. The topological polar surface area (TPSA) is 87.2 Å². The molecule has 3 aliphatic heterocycles. The Hall–Kier alpha value is -1.95. The summed E-state index contributed by atoms with van der Waals surface area (Å²) in [6.45, 7) is 2.12. The third kappa shape index (κ3) is 4.30. The molecular formula is C27H37F3N4O4. The minimum atomic E-state index is -4.43. The van der Waals surface area contributed by atoms with Crippen LogP contribution in [0.1, 0.15) is 56.9 Å². The van der Waals surface area contributed by atoms with Gasteiger partial charge in [0.15, 0.2) is 0 Å². The fourth-order valence-electron chi connectivity index (χ4n) is 7.65. The zero-order valence-corrected chi connectivity index (χ0v) is 21.8. The number of nitrogens with zero attached hydrogens (tertiary/aromatic N) is 3. The highest BCUT2D eigenvalue weighted by Crippen LogP contribution is 2.57. The quantitative estimate of drug-likeness (QED) is 0.576. The Morgan fingerprint density at radius 1 is 1.24 bits per heavy atom. The number of likely N-dealkylation sites (tertiary alicyclic amines) is 1. The molecule has 210 valence electrons. The first-order chi connectivity index (χ1) is 18.1. The second kappa shape index (κ2) is 9.60. The molecule has 4 heterocycles. The molecule has 2 bridgehead atoms. The molecule has 2 saturated carbocycles. The number of nitrogens with one attached hydrogen (secondary N) is 1. The van der Waals surface area contributed by atoms with Crippen LogP contribution in [0, 0.1) is 5.41 Å². The lowest BCUT2D eigenvalue weighted by Crippen LogP contribution is -2.63. The number of hydrogen-bond acceptors (Lipinski definition) is 7. The van der Waals surface area contributed by atoms with E-state index >= 15 is 0 Å². The molecule has 1 aromatic rings. The number of carbonyl (C=O) groups excluding carboxylic acids is 1. The molecule has 3 saturated heterocycles. The van der Waals surface area contributed by atoms with Crippen molar-refractivity contribution in [2.24, 2.45) is 5.41 Å². The fraction of sp³-hybridized carbons (Fsp3) is 0.778. The van der Waals surface area contributed by atoms with Crippen molar-refractivity contribution >= 4 is 11.7 Å². The van der Waals surface area contributed by atoms with E-state index in [1.807, 2.05) is 9.80 Å². The van der Waals surface area contributed by atoms with Crippen molar-refractivity contribution in [1.29, 1.82) is 0 Å². The third-order valence-electron chi connectivity index (χ3n) is 9.92. The van der Waals surface area contributed by atoms with Crippen LogP contribution < -0.4 is 10.2 Å². The molecular weight excluding hydrogens is 501 g/mol. The molecule has 5 aliphatic rings. The van der Waals surface area contributed by atoms with Gasteiger partial charge in [-0.2, -0.15) is 13.2 Å². The number of fused-ring (bicyclic) bond motifs is 2. The van der Waals surface area contributed by atoms with Gasteiger partial charge in [0.1, 0.15) is 5.82 Å². The molecule has 6 rings (SSSR count). The lowest BCUT2D eigenvalue weighted by Gasteiger charge is -2.52. The van der Waals surface area contributed by atoms with Crippen molar-refractivity contribution in [3.05, 3.63) is 23.9 Å². The number of piperazine rings is 1. The molecule has 8 nitrogen and oxygen atoms in total. The van der Waals surface area contributed by atoms with Crippen LogP contribution in [0.15, 0.2) is 18.3 Å². The van der Waals surface area contributed by atoms with Gasteiger partial charge in [0.05, 0.1) is 41.4 Å². The molecule has 0 unspecified atom stereocenters. The minimum Gasteiger partial charge on any atom is -0.389 e. The van der Waals surface area contributed by atoms with Crippen LogP contribution >= 0.6 is 0 Å². The van der Waals surface area contributed by atoms with E-state index in [1.165, 1.54) is 6.20 Å². The number of rotatable bonds is 6. The molecule has 0 radical (unpaired) electrons. The van der Waals surface area contributed by atoms with Crippen LogP contribution in [0.5, 0.6) is 0 Å². The molecule has 2 N–H and O–H groups in total. The van der Waals surface area contributed by atoms with Crippen molar-refractivity contribution in [3.63, 3.8) is 0 Å². The maximum Gasteiger partial charge on any atom is 0.416 e. The molecule has 1 aromatic heterocycles. The van der Waals surface area contributed by atoms with Crippen LogP contribution in [-0.2, 0) is 20.4 Å². The number of alkyl halides is 3. The average molecular weight is 539 g/mol. The molecule has 0 spiro atoms. The van der Waals surface area contributed by atoms with Gasteiger partial charge >= 0.3 is 6.18 Å². The van der Waals surface area contributed by atoms with Crippen LogP contribution in [0.3, 0.4) is 0 Å². The smallest absolute Gasteiger partial charge is 0.389 e. The summed E-state index contributed by atoms with van der Waals surface area (Å²) in [4.78, 5) is 22.3.